The molecular weight excluding hydrogens is 224 g/mol. The third-order valence-corrected chi connectivity index (χ3v) is 3.11. The molecule has 0 aliphatic rings. The SMILES string of the molecule is Cc1nc(CC(=O)O)c(-c2cccnc2)s1. The minimum Gasteiger partial charge on any atom is -0.481 e. The second kappa shape index (κ2) is 4.40. The van der Waals surface area contributed by atoms with Crippen LogP contribution in [-0.2, 0) is 11.2 Å². The number of carbonyl (C=O) groups is 1. The molecule has 0 amide bonds. The molecule has 4 nitrogen and oxygen atoms in total. The summed E-state index contributed by atoms with van der Waals surface area (Å²) in [6.45, 7) is 1.87. The lowest BCUT2D eigenvalue weighted by Crippen LogP contribution is -2.01. The average molecular weight is 234 g/mol. The third kappa shape index (κ3) is 2.25. The maximum atomic E-state index is 10.7. The topological polar surface area (TPSA) is 63.1 Å². The van der Waals surface area contributed by atoms with E-state index < -0.39 is 5.97 Å². The average Bonchev–Trinajstić information content (AvgIpc) is 2.60. The van der Waals surface area contributed by atoms with E-state index in [0.717, 1.165) is 15.4 Å². The Hall–Kier alpha value is -1.75. The van der Waals surface area contributed by atoms with Crippen LogP contribution < -0.4 is 0 Å². The monoisotopic (exact) mass is 234 g/mol. The van der Waals surface area contributed by atoms with Gasteiger partial charge in [-0.3, -0.25) is 9.78 Å². The van der Waals surface area contributed by atoms with Crippen molar-refractivity contribution in [3.05, 3.63) is 35.2 Å². The fraction of sp³-hybridized carbons (Fsp3) is 0.182. The standard InChI is InChI=1S/C11H10N2O2S/c1-7-13-9(5-10(14)15)11(16-7)8-3-2-4-12-6-8/h2-4,6H,5H2,1H3,(H,14,15). The highest BCUT2D eigenvalue weighted by Gasteiger charge is 2.13. The molecule has 2 heterocycles. The third-order valence-electron chi connectivity index (χ3n) is 2.05. The number of aliphatic carboxylic acids is 1. The highest BCUT2D eigenvalue weighted by Crippen LogP contribution is 2.29. The molecule has 16 heavy (non-hydrogen) atoms. The van der Waals surface area contributed by atoms with Crippen LogP contribution in [0.1, 0.15) is 10.7 Å². The molecule has 2 aromatic rings. The van der Waals surface area contributed by atoms with Gasteiger partial charge in [-0.2, -0.15) is 0 Å². The van der Waals surface area contributed by atoms with Gasteiger partial charge in [0, 0.05) is 18.0 Å². The van der Waals surface area contributed by atoms with E-state index in [1.807, 2.05) is 19.1 Å². The molecule has 5 heteroatoms. The van der Waals surface area contributed by atoms with E-state index in [4.69, 9.17) is 5.11 Å². The fourth-order valence-electron chi connectivity index (χ4n) is 1.46. The normalized spacial score (nSPS) is 10.3. The molecular formula is C11H10N2O2S. The van der Waals surface area contributed by atoms with Gasteiger partial charge in [-0.1, -0.05) is 6.07 Å². The van der Waals surface area contributed by atoms with Gasteiger partial charge in [0.05, 0.1) is 22.0 Å². The number of hydrogen-bond acceptors (Lipinski definition) is 4. The van der Waals surface area contributed by atoms with Crippen molar-refractivity contribution in [1.82, 2.24) is 9.97 Å². The van der Waals surface area contributed by atoms with Gasteiger partial charge in [0.2, 0.25) is 0 Å². The van der Waals surface area contributed by atoms with Gasteiger partial charge in [-0.15, -0.1) is 11.3 Å². The molecule has 0 aliphatic heterocycles. The van der Waals surface area contributed by atoms with E-state index in [1.165, 1.54) is 11.3 Å². The zero-order valence-corrected chi connectivity index (χ0v) is 9.49. The highest BCUT2D eigenvalue weighted by molar-refractivity contribution is 7.15. The molecule has 0 atom stereocenters. The van der Waals surface area contributed by atoms with Crippen LogP contribution in [0.25, 0.3) is 10.4 Å². The van der Waals surface area contributed by atoms with Crippen molar-refractivity contribution in [1.29, 1.82) is 0 Å². The van der Waals surface area contributed by atoms with E-state index >= 15 is 0 Å². The Morgan fingerprint density at radius 1 is 1.56 bits per heavy atom. The molecule has 0 radical (unpaired) electrons. The Morgan fingerprint density at radius 3 is 3.00 bits per heavy atom. The lowest BCUT2D eigenvalue weighted by Gasteiger charge is -1.98. The van der Waals surface area contributed by atoms with Crippen molar-refractivity contribution in [2.75, 3.05) is 0 Å². The quantitative estimate of drug-likeness (QED) is 0.883. The van der Waals surface area contributed by atoms with E-state index in [0.29, 0.717) is 5.69 Å². The smallest absolute Gasteiger partial charge is 0.309 e. The molecule has 0 spiro atoms. The predicted octanol–water partition coefficient (Wildman–Crippen LogP) is 2.14. The zero-order valence-electron chi connectivity index (χ0n) is 8.67. The summed E-state index contributed by atoms with van der Waals surface area (Å²) < 4.78 is 0. The lowest BCUT2D eigenvalue weighted by atomic mass is 10.2. The number of thiazole rings is 1. The van der Waals surface area contributed by atoms with Crippen LogP contribution in [0.5, 0.6) is 0 Å². The number of nitrogens with zero attached hydrogens (tertiary/aromatic N) is 2. The maximum absolute atomic E-state index is 10.7. The summed E-state index contributed by atoms with van der Waals surface area (Å²) in [5.74, 6) is -0.865. The van der Waals surface area contributed by atoms with Crippen molar-refractivity contribution in [2.24, 2.45) is 0 Å². The van der Waals surface area contributed by atoms with Crippen molar-refractivity contribution < 1.29 is 9.90 Å². The summed E-state index contributed by atoms with van der Waals surface area (Å²) >= 11 is 1.49. The Bertz CT molecular complexity index is 508. The number of aryl methyl sites for hydroxylation is 1. The minimum absolute atomic E-state index is 0.0471. The molecule has 0 saturated carbocycles. The molecule has 0 unspecified atom stereocenters. The number of pyridine rings is 1. The minimum atomic E-state index is -0.865. The summed E-state index contributed by atoms with van der Waals surface area (Å²) in [5.41, 5.74) is 1.53. The second-order valence-corrected chi connectivity index (χ2v) is 4.52. The first-order chi connectivity index (χ1) is 7.66. The van der Waals surface area contributed by atoms with E-state index in [1.54, 1.807) is 12.4 Å². The van der Waals surface area contributed by atoms with Crippen LogP contribution in [0.3, 0.4) is 0 Å². The van der Waals surface area contributed by atoms with E-state index in [-0.39, 0.29) is 6.42 Å². The van der Waals surface area contributed by atoms with Gasteiger partial charge >= 0.3 is 5.97 Å². The van der Waals surface area contributed by atoms with Gasteiger partial charge in [0.1, 0.15) is 0 Å². The van der Waals surface area contributed by atoms with Crippen molar-refractivity contribution >= 4 is 17.3 Å². The van der Waals surface area contributed by atoms with Gasteiger partial charge in [-0.25, -0.2) is 4.98 Å². The van der Waals surface area contributed by atoms with E-state index in [2.05, 4.69) is 9.97 Å². The molecule has 2 rings (SSSR count). The number of rotatable bonds is 3. The number of carboxylic acids is 1. The van der Waals surface area contributed by atoms with Crippen LogP contribution >= 0.6 is 11.3 Å². The summed E-state index contributed by atoms with van der Waals surface area (Å²) in [6.07, 6.45) is 3.36. The lowest BCUT2D eigenvalue weighted by molar-refractivity contribution is -0.136. The van der Waals surface area contributed by atoms with Crippen LogP contribution in [-0.4, -0.2) is 21.0 Å². The van der Waals surface area contributed by atoms with Gasteiger partial charge in [0.15, 0.2) is 0 Å². The Kier molecular flexibility index (Phi) is 2.96. The summed E-state index contributed by atoms with van der Waals surface area (Å²) in [4.78, 5) is 19.9. The summed E-state index contributed by atoms with van der Waals surface area (Å²) in [7, 11) is 0. The molecule has 0 aliphatic carbocycles. The highest BCUT2D eigenvalue weighted by atomic mass is 32.1. The molecule has 0 bridgehead atoms. The Morgan fingerprint density at radius 2 is 2.38 bits per heavy atom. The summed E-state index contributed by atoms with van der Waals surface area (Å²) in [5, 5.41) is 9.67. The van der Waals surface area contributed by atoms with Crippen LogP contribution in [0.15, 0.2) is 24.5 Å². The number of carboxylic acid groups (broad SMARTS) is 1. The predicted molar refractivity (Wildman–Crippen MR) is 61.4 cm³/mol. The van der Waals surface area contributed by atoms with Crippen molar-refractivity contribution in [2.45, 2.75) is 13.3 Å². The number of hydrogen-bond donors (Lipinski definition) is 1. The Balaban J connectivity index is 2.44. The van der Waals surface area contributed by atoms with Gasteiger partial charge in [0.25, 0.3) is 0 Å². The van der Waals surface area contributed by atoms with Crippen LogP contribution in [0, 0.1) is 6.92 Å². The molecule has 82 valence electrons. The first kappa shape index (κ1) is 10.8. The van der Waals surface area contributed by atoms with E-state index in [9.17, 15) is 4.79 Å². The first-order valence-corrected chi connectivity index (χ1v) is 5.57. The Labute approximate surface area is 96.6 Å². The van der Waals surface area contributed by atoms with Crippen LogP contribution in [0.2, 0.25) is 0 Å². The maximum Gasteiger partial charge on any atom is 0.309 e. The first-order valence-electron chi connectivity index (χ1n) is 4.75. The largest absolute Gasteiger partial charge is 0.481 e. The molecule has 0 aromatic carbocycles. The summed E-state index contributed by atoms with van der Waals surface area (Å²) in [6, 6.07) is 3.74. The molecule has 2 aromatic heterocycles. The van der Waals surface area contributed by atoms with Gasteiger partial charge in [-0.05, 0) is 13.0 Å². The second-order valence-electron chi connectivity index (χ2n) is 3.32. The molecule has 0 saturated heterocycles. The fourth-order valence-corrected chi connectivity index (χ4v) is 2.38. The zero-order chi connectivity index (χ0) is 11.5. The van der Waals surface area contributed by atoms with Gasteiger partial charge < -0.3 is 5.11 Å². The van der Waals surface area contributed by atoms with Crippen molar-refractivity contribution in [3.63, 3.8) is 0 Å². The molecule has 0 fully saturated rings. The molecule has 1 N–H and O–H groups in total. The van der Waals surface area contributed by atoms with Crippen LogP contribution in [0.4, 0.5) is 0 Å². The van der Waals surface area contributed by atoms with Crippen molar-refractivity contribution in [3.8, 4) is 10.4 Å². The number of aromatic nitrogens is 2.